The van der Waals surface area contributed by atoms with Crippen molar-refractivity contribution in [1.82, 2.24) is 0 Å². The molecule has 1 heterocycles. The number of hydrogen-bond donors (Lipinski definition) is 2. The fourth-order valence-corrected chi connectivity index (χ4v) is 2.67. The number of hydrogen-bond acceptors (Lipinski definition) is 5. The Labute approximate surface area is 156 Å². The third-order valence-corrected chi connectivity index (χ3v) is 3.99. The van der Waals surface area contributed by atoms with Crippen molar-refractivity contribution in [3.63, 3.8) is 0 Å². The van der Waals surface area contributed by atoms with Gasteiger partial charge in [-0.2, -0.15) is 0 Å². The lowest BCUT2D eigenvalue weighted by Gasteiger charge is -2.11. The van der Waals surface area contributed by atoms with Crippen molar-refractivity contribution in [2.24, 2.45) is 5.11 Å². The van der Waals surface area contributed by atoms with E-state index in [4.69, 9.17) is 15.7 Å². The van der Waals surface area contributed by atoms with Gasteiger partial charge in [0.1, 0.15) is 17.4 Å². The molecule has 0 aliphatic heterocycles. The maximum absolute atomic E-state index is 14.3. The molecule has 3 rings (SSSR count). The van der Waals surface area contributed by atoms with E-state index in [2.05, 4.69) is 15.3 Å². The van der Waals surface area contributed by atoms with Gasteiger partial charge in [0.2, 0.25) is 0 Å². The quantitative estimate of drug-likeness (QED) is 0.211. The summed E-state index contributed by atoms with van der Waals surface area (Å²) in [6.07, 6.45) is 0.372. The topological polar surface area (TPSA) is 117 Å². The van der Waals surface area contributed by atoms with Crippen LogP contribution in [0.2, 0.25) is 0 Å². The lowest BCUT2D eigenvalue weighted by molar-refractivity contribution is 0.545. The van der Waals surface area contributed by atoms with Gasteiger partial charge in [-0.25, -0.2) is 13.2 Å². The highest BCUT2D eigenvalue weighted by Crippen LogP contribution is 2.31. The van der Waals surface area contributed by atoms with Crippen LogP contribution in [0.1, 0.15) is 6.42 Å². The Kier molecular flexibility index (Phi) is 5.42. The van der Waals surface area contributed by atoms with Gasteiger partial charge in [0.15, 0.2) is 16.8 Å². The zero-order valence-corrected chi connectivity index (χ0v) is 14.4. The Morgan fingerprint density at radius 1 is 1.14 bits per heavy atom. The number of nitrogens with two attached hydrogens (primary N) is 1. The molecule has 0 spiro atoms. The first-order valence-electron chi connectivity index (χ1n) is 8.18. The molecule has 0 radical (unpaired) electrons. The minimum atomic E-state index is -1.07. The predicted molar refractivity (Wildman–Crippen MR) is 99.3 cm³/mol. The SMILES string of the molecule is [N-]=[N+]=NCCCNc1c(F)cc(F)c2oc(-c3ccc(N)c(F)c3)cc(=O)c12. The first kappa shape index (κ1) is 19.1. The van der Waals surface area contributed by atoms with Gasteiger partial charge >= 0.3 is 0 Å². The van der Waals surface area contributed by atoms with Crippen LogP contribution in [0.15, 0.2) is 44.7 Å². The van der Waals surface area contributed by atoms with E-state index in [9.17, 15) is 18.0 Å². The number of rotatable bonds is 6. The number of benzene rings is 2. The van der Waals surface area contributed by atoms with Gasteiger partial charge in [-0.05, 0) is 30.2 Å². The van der Waals surface area contributed by atoms with Gasteiger partial charge in [-0.3, -0.25) is 4.79 Å². The smallest absolute Gasteiger partial charge is 0.195 e. The molecule has 0 saturated heterocycles. The third-order valence-electron chi connectivity index (χ3n) is 3.99. The second kappa shape index (κ2) is 7.93. The number of anilines is 2. The highest BCUT2D eigenvalue weighted by molar-refractivity contribution is 5.91. The summed E-state index contributed by atoms with van der Waals surface area (Å²) in [6.45, 7) is 0.354. The summed E-state index contributed by atoms with van der Waals surface area (Å²) < 4.78 is 47.6. The molecule has 0 aliphatic carbocycles. The second-order valence-corrected chi connectivity index (χ2v) is 5.87. The molecule has 0 bridgehead atoms. The predicted octanol–water partition coefficient (Wildman–Crippen LogP) is 4.57. The Balaban J connectivity index is 2.08. The van der Waals surface area contributed by atoms with E-state index >= 15 is 0 Å². The van der Waals surface area contributed by atoms with E-state index in [-0.39, 0.29) is 41.2 Å². The number of halogens is 3. The van der Waals surface area contributed by atoms with Crippen LogP contribution in [0.3, 0.4) is 0 Å². The second-order valence-electron chi connectivity index (χ2n) is 5.87. The lowest BCUT2D eigenvalue weighted by Crippen LogP contribution is -2.11. The zero-order chi connectivity index (χ0) is 20.3. The first-order chi connectivity index (χ1) is 13.4. The van der Waals surface area contributed by atoms with Crippen LogP contribution in [0, 0.1) is 17.5 Å². The van der Waals surface area contributed by atoms with Crippen LogP contribution in [-0.2, 0) is 0 Å². The van der Waals surface area contributed by atoms with Gasteiger partial charge in [-0.15, -0.1) is 0 Å². The maximum atomic E-state index is 14.3. The van der Waals surface area contributed by atoms with Crippen molar-refractivity contribution in [2.75, 3.05) is 24.1 Å². The van der Waals surface area contributed by atoms with E-state index < -0.39 is 28.5 Å². The summed E-state index contributed by atoms with van der Waals surface area (Å²) in [7, 11) is 0. The molecular weight excluding hydrogens is 375 g/mol. The number of nitrogen functional groups attached to an aromatic ring is 1. The summed E-state index contributed by atoms with van der Waals surface area (Å²) in [5, 5.41) is 5.74. The number of fused-ring (bicyclic) bond motifs is 1. The van der Waals surface area contributed by atoms with Gasteiger partial charge in [0, 0.05) is 35.7 Å². The Morgan fingerprint density at radius 3 is 2.64 bits per heavy atom. The van der Waals surface area contributed by atoms with Gasteiger partial charge in [0.25, 0.3) is 0 Å². The maximum Gasteiger partial charge on any atom is 0.195 e. The molecule has 2 aromatic carbocycles. The summed E-state index contributed by atoms with van der Waals surface area (Å²) in [5.41, 5.74) is 12.4. The van der Waals surface area contributed by atoms with Gasteiger partial charge in [-0.1, -0.05) is 5.11 Å². The molecule has 3 N–H and O–H groups in total. The van der Waals surface area contributed by atoms with E-state index in [0.29, 0.717) is 12.5 Å². The van der Waals surface area contributed by atoms with Crippen molar-refractivity contribution in [3.8, 4) is 11.3 Å². The molecule has 0 fully saturated rings. The Morgan fingerprint density at radius 2 is 1.93 bits per heavy atom. The van der Waals surface area contributed by atoms with Crippen molar-refractivity contribution in [3.05, 3.63) is 68.4 Å². The fraction of sp³-hybridized carbons (Fsp3) is 0.167. The first-order valence-corrected chi connectivity index (χ1v) is 8.18. The van der Waals surface area contributed by atoms with Crippen molar-refractivity contribution in [1.29, 1.82) is 0 Å². The molecule has 7 nitrogen and oxygen atoms in total. The molecule has 28 heavy (non-hydrogen) atoms. The summed E-state index contributed by atoms with van der Waals surface area (Å²) in [5.74, 6) is -2.84. The molecule has 0 unspecified atom stereocenters. The summed E-state index contributed by atoms with van der Waals surface area (Å²) in [4.78, 5) is 15.2. The zero-order valence-electron chi connectivity index (χ0n) is 14.4. The highest BCUT2D eigenvalue weighted by Gasteiger charge is 2.19. The summed E-state index contributed by atoms with van der Waals surface area (Å²) in [6, 6.07) is 5.37. The average Bonchev–Trinajstić information content (AvgIpc) is 2.66. The normalized spacial score (nSPS) is 10.7. The Hall–Kier alpha value is -3.65. The number of azide groups is 1. The van der Waals surface area contributed by atoms with Crippen LogP contribution in [-0.4, -0.2) is 13.1 Å². The monoisotopic (exact) mass is 389 g/mol. The van der Waals surface area contributed by atoms with Crippen molar-refractivity contribution in [2.45, 2.75) is 6.42 Å². The Bertz CT molecular complexity index is 1160. The number of nitrogens with zero attached hydrogens (tertiary/aromatic N) is 3. The lowest BCUT2D eigenvalue weighted by atomic mass is 10.1. The molecule has 1 aromatic heterocycles. The van der Waals surface area contributed by atoms with Gasteiger partial charge in [0.05, 0.1) is 16.8 Å². The molecule has 0 atom stereocenters. The van der Waals surface area contributed by atoms with Gasteiger partial charge < -0.3 is 15.5 Å². The van der Waals surface area contributed by atoms with Crippen LogP contribution >= 0.6 is 0 Å². The van der Waals surface area contributed by atoms with Crippen molar-refractivity contribution < 1.29 is 17.6 Å². The summed E-state index contributed by atoms with van der Waals surface area (Å²) >= 11 is 0. The van der Waals surface area contributed by atoms with Crippen LogP contribution < -0.4 is 16.5 Å². The minimum absolute atomic E-state index is 0.0868. The van der Waals surface area contributed by atoms with E-state index in [0.717, 1.165) is 12.1 Å². The average molecular weight is 389 g/mol. The molecule has 0 amide bonds. The van der Waals surface area contributed by atoms with Crippen molar-refractivity contribution >= 4 is 22.3 Å². The third kappa shape index (κ3) is 3.72. The molecular formula is C18H14F3N5O2. The molecule has 0 saturated carbocycles. The van der Waals surface area contributed by atoms with E-state index in [1.54, 1.807) is 0 Å². The molecule has 144 valence electrons. The van der Waals surface area contributed by atoms with E-state index in [1.807, 2.05) is 0 Å². The van der Waals surface area contributed by atoms with Crippen LogP contribution in [0.25, 0.3) is 32.7 Å². The van der Waals surface area contributed by atoms with Crippen LogP contribution in [0.5, 0.6) is 0 Å². The standard InChI is InChI=1S/C18H14F3N5O2/c19-10-6-9(2-3-13(10)22)15-8-14(27)16-17(24-4-1-5-25-26-23)11(20)7-12(21)18(16)28-15/h2-3,6-8,24H,1,4-5,22H2. The van der Waals surface area contributed by atoms with E-state index in [1.165, 1.54) is 12.1 Å². The molecule has 10 heteroatoms. The molecule has 0 aliphatic rings. The molecule has 3 aromatic rings. The largest absolute Gasteiger partial charge is 0.453 e. The minimum Gasteiger partial charge on any atom is -0.453 e. The number of nitrogens with one attached hydrogen (secondary N) is 1. The fourth-order valence-electron chi connectivity index (χ4n) is 2.67. The highest BCUT2D eigenvalue weighted by atomic mass is 19.1. The van der Waals surface area contributed by atoms with Crippen LogP contribution in [0.4, 0.5) is 24.5 Å².